The normalized spacial score (nSPS) is 13.4. The number of nitrogens with one attached hydrogen (secondary N) is 1. The van der Waals surface area contributed by atoms with Crippen molar-refractivity contribution in [1.82, 2.24) is 20.1 Å². The van der Waals surface area contributed by atoms with Gasteiger partial charge >= 0.3 is 0 Å². The first-order chi connectivity index (χ1) is 16.5. The molecule has 8 heteroatoms. The summed E-state index contributed by atoms with van der Waals surface area (Å²) in [4.78, 5) is 13.0. The zero-order valence-corrected chi connectivity index (χ0v) is 19.5. The number of fused-ring (bicyclic) bond motifs is 4. The van der Waals surface area contributed by atoms with Gasteiger partial charge in [0.05, 0.1) is 42.7 Å². The van der Waals surface area contributed by atoms with Crippen molar-refractivity contribution >= 4 is 21.9 Å². The van der Waals surface area contributed by atoms with Gasteiger partial charge < -0.3 is 23.7 Å². The standard InChI is InChI=1S/C26H24N4O4/c1-13-22(14(2)34-30-13)18-11-19-17(12-21(18)31-4)23-24(27-15(3)28-26(23)29-19)16-7-5-8-20-25(16)33-10-6-9-32-20/h5,7-8,11-12H,6,9-10H2,1-4H3,(H,27,28,29). The summed E-state index contributed by atoms with van der Waals surface area (Å²) in [5, 5.41) is 5.99. The highest BCUT2D eigenvalue weighted by molar-refractivity contribution is 6.14. The molecule has 34 heavy (non-hydrogen) atoms. The second-order valence-electron chi connectivity index (χ2n) is 8.45. The fraction of sp³-hybridized carbons (Fsp3) is 0.269. The Morgan fingerprint density at radius 1 is 1.00 bits per heavy atom. The second kappa shape index (κ2) is 7.76. The first kappa shape index (κ1) is 20.5. The van der Waals surface area contributed by atoms with Crippen LogP contribution in [0.4, 0.5) is 0 Å². The number of para-hydroxylation sites is 1. The molecular weight excluding hydrogens is 432 g/mol. The summed E-state index contributed by atoms with van der Waals surface area (Å²) in [7, 11) is 1.67. The topological polar surface area (TPSA) is 95.3 Å². The summed E-state index contributed by atoms with van der Waals surface area (Å²) in [5.41, 5.74) is 6.00. The molecule has 4 heterocycles. The first-order valence-electron chi connectivity index (χ1n) is 11.3. The van der Waals surface area contributed by atoms with Gasteiger partial charge in [0.25, 0.3) is 0 Å². The summed E-state index contributed by atoms with van der Waals surface area (Å²) in [6, 6.07) is 10.0. The predicted molar refractivity (Wildman–Crippen MR) is 129 cm³/mol. The Balaban J connectivity index is 1.66. The zero-order valence-electron chi connectivity index (χ0n) is 19.5. The quantitative estimate of drug-likeness (QED) is 0.381. The van der Waals surface area contributed by atoms with Crippen LogP contribution in [-0.2, 0) is 0 Å². The maximum absolute atomic E-state index is 6.11. The second-order valence-corrected chi connectivity index (χ2v) is 8.45. The zero-order chi connectivity index (χ0) is 23.4. The average Bonchev–Trinajstić information content (AvgIpc) is 3.23. The SMILES string of the molecule is COc1cc2c(cc1-c1c(C)noc1C)[nH]c1nc(C)nc(-c3cccc4c3OCCCO4)c12. The number of aromatic amines is 1. The van der Waals surface area contributed by atoms with Crippen LogP contribution in [0.5, 0.6) is 17.2 Å². The van der Waals surface area contributed by atoms with Crippen LogP contribution >= 0.6 is 0 Å². The molecule has 0 unspecified atom stereocenters. The van der Waals surface area contributed by atoms with E-state index >= 15 is 0 Å². The molecule has 5 aromatic rings. The number of methoxy groups -OCH3 is 1. The number of rotatable bonds is 3. The highest BCUT2D eigenvalue weighted by Gasteiger charge is 2.23. The Morgan fingerprint density at radius 2 is 1.85 bits per heavy atom. The summed E-state index contributed by atoms with van der Waals surface area (Å²) in [6.07, 6.45) is 0.834. The van der Waals surface area contributed by atoms with E-state index in [0.29, 0.717) is 24.8 Å². The lowest BCUT2D eigenvalue weighted by atomic mass is 9.99. The third kappa shape index (κ3) is 3.09. The summed E-state index contributed by atoms with van der Waals surface area (Å²) in [6.45, 7) is 6.95. The number of hydrogen-bond acceptors (Lipinski definition) is 7. The maximum atomic E-state index is 6.11. The maximum Gasteiger partial charge on any atom is 0.170 e. The Labute approximate surface area is 195 Å². The highest BCUT2D eigenvalue weighted by atomic mass is 16.5. The van der Waals surface area contributed by atoms with Gasteiger partial charge in [-0.1, -0.05) is 11.2 Å². The van der Waals surface area contributed by atoms with Crippen LogP contribution < -0.4 is 14.2 Å². The van der Waals surface area contributed by atoms with E-state index in [9.17, 15) is 0 Å². The third-order valence-corrected chi connectivity index (χ3v) is 6.21. The van der Waals surface area contributed by atoms with Gasteiger partial charge in [-0.05, 0) is 45.0 Å². The Hall–Kier alpha value is -4.07. The Kier molecular flexibility index (Phi) is 4.69. The lowest BCUT2D eigenvalue weighted by molar-refractivity contribution is 0.297. The molecule has 0 bridgehead atoms. The van der Waals surface area contributed by atoms with Crippen LogP contribution in [0.3, 0.4) is 0 Å². The Morgan fingerprint density at radius 3 is 2.65 bits per heavy atom. The van der Waals surface area contributed by atoms with Gasteiger partial charge in [-0.2, -0.15) is 0 Å². The van der Waals surface area contributed by atoms with Gasteiger partial charge in [0.15, 0.2) is 11.5 Å². The third-order valence-electron chi connectivity index (χ3n) is 6.21. The Bertz CT molecular complexity index is 1550. The predicted octanol–water partition coefficient (Wildman–Crippen LogP) is 5.53. The average molecular weight is 457 g/mol. The molecule has 0 aliphatic carbocycles. The van der Waals surface area contributed by atoms with E-state index in [2.05, 4.69) is 16.2 Å². The summed E-state index contributed by atoms with van der Waals surface area (Å²) < 4.78 is 23.3. The smallest absolute Gasteiger partial charge is 0.170 e. The largest absolute Gasteiger partial charge is 0.496 e. The monoisotopic (exact) mass is 456 g/mol. The number of aromatic nitrogens is 4. The van der Waals surface area contributed by atoms with Gasteiger partial charge in [0.2, 0.25) is 0 Å². The van der Waals surface area contributed by atoms with Crippen LogP contribution in [0.25, 0.3) is 44.3 Å². The molecule has 0 fully saturated rings. The van der Waals surface area contributed by atoms with Crippen LogP contribution in [-0.4, -0.2) is 40.4 Å². The lowest BCUT2D eigenvalue weighted by Gasteiger charge is -2.13. The van der Waals surface area contributed by atoms with Crippen molar-refractivity contribution in [1.29, 1.82) is 0 Å². The van der Waals surface area contributed by atoms with Crippen molar-refractivity contribution in [3.05, 3.63) is 47.6 Å². The molecule has 0 amide bonds. The minimum Gasteiger partial charge on any atom is -0.496 e. The summed E-state index contributed by atoms with van der Waals surface area (Å²) in [5.74, 6) is 3.58. The molecule has 0 atom stereocenters. The van der Waals surface area contributed by atoms with Crippen molar-refractivity contribution in [2.24, 2.45) is 0 Å². The fourth-order valence-electron chi connectivity index (χ4n) is 4.74. The fourth-order valence-corrected chi connectivity index (χ4v) is 4.74. The molecule has 172 valence electrons. The molecule has 1 N–H and O–H groups in total. The number of benzene rings is 2. The molecular formula is C26H24N4O4. The van der Waals surface area contributed by atoms with E-state index in [1.54, 1.807) is 7.11 Å². The molecule has 8 nitrogen and oxygen atoms in total. The van der Waals surface area contributed by atoms with Crippen molar-refractivity contribution in [2.75, 3.05) is 20.3 Å². The molecule has 0 saturated heterocycles. The number of hydrogen-bond donors (Lipinski definition) is 1. The van der Waals surface area contributed by atoms with Gasteiger partial charge in [-0.15, -0.1) is 0 Å². The van der Waals surface area contributed by atoms with Crippen LogP contribution in [0.15, 0.2) is 34.9 Å². The van der Waals surface area contributed by atoms with Crippen LogP contribution in [0.1, 0.15) is 23.7 Å². The van der Waals surface area contributed by atoms with Crippen molar-refractivity contribution in [3.8, 4) is 39.6 Å². The molecule has 0 radical (unpaired) electrons. The van der Waals surface area contributed by atoms with E-state index in [1.807, 2.05) is 45.0 Å². The first-order valence-corrected chi connectivity index (χ1v) is 11.3. The molecule has 1 aliphatic rings. The van der Waals surface area contributed by atoms with Gasteiger partial charge in [-0.25, -0.2) is 9.97 Å². The van der Waals surface area contributed by atoms with Gasteiger partial charge in [0, 0.05) is 28.5 Å². The molecule has 6 rings (SSSR count). The van der Waals surface area contributed by atoms with E-state index in [-0.39, 0.29) is 0 Å². The number of aryl methyl sites for hydroxylation is 3. The van der Waals surface area contributed by atoms with E-state index in [0.717, 1.165) is 73.7 Å². The van der Waals surface area contributed by atoms with Gasteiger partial charge in [-0.3, -0.25) is 0 Å². The molecule has 2 aromatic carbocycles. The molecule has 0 spiro atoms. The van der Waals surface area contributed by atoms with Crippen LogP contribution in [0.2, 0.25) is 0 Å². The minimum atomic E-state index is 0.597. The number of nitrogens with zero attached hydrogens (tertiary/aromatic N) is 3. The van der Waals surface area contributed by atoms with E-state index in [4.69, 9.17) is 28.7 Å². The van der Waals surface area contributed by atoms with E-state index < -0.39 is 0 Å². The highest BCUT2D eigenvalue weighted by Crippen LogP contribution is 2.44. The minimum absolute atomic E-state index is 0.597. The van der Waals surface area contributed by atoms with Crippen molar-refractivity contribution < 1.29 is 18.7 Å². The van der Waals surface area contributed by atoms with Crippen molar-refractivity contribution in [3.63, 3.8) is 0 Å². The molecule has 3 aromatic heterocycles. The lowest BCUT2D eigenvalue weighted by Crippen LogP contribution is -1.99. The van der Waals surface area contributed by atoms with E-state index in [1.165, 1.54) is 0 Å². The number of H-pyrrole nitrogens is 1. The van der Waals surface area contributed by atoms with Crippen LogP contribution in [0, 0.1) is 20.8 Å². The summed E-state index contributed by atoms with van der Waals surface area (Å²) >= 11 is 0. The molecule has 0 saturated carbocycles. The van der Waals surface area contributed by atoms with Gasteiger partial charge in [0.1, 0.15) is 23.0 Å². The number of ether oxygens (including phenoxy) is 3. The van der Waals surface area contributed by atoms with Crippen molar-refractivity contribution in [2.45, 2.75) is 27.2 Å². The molecule has 1 aliphatic heterocycles.